The zero-order valence-electron chi connectivity index (χ0n) is 21.3. The lowest BCUT2D eigenvalue weighted by Gasteiger charge is -2.33. The lowest BCUT2D eigenvalue weighted by molar-refractivity contribution is -0.135. The molecule has 0 aliphatic carbocycles. The summed E-state index contributed by atoms with van der Waals surface area (Å²) in [6.45, 7) is 6.16. The summed E-state index contributed by atoms with van der Waals surface area (Å²) in [7, 11) is 0. The molecule has 0 aromatic carbocycles. The Hall–Kier alpha value is -0.440. The minimum atomic E-state index is -1.49. The molecular weight excluding hydrogens is 462 g/mol. The van der Waals surface area contributed by atoms with Gasteiger partial charge in [-0.15, -0.1) is 0 Å². The summed E-state index contributed by atoms with van der Waals surface area (Å²) in [5, 5.41) is 63.1. The van der Waals surface area contributed by atoms with Crippen LogP contribution in [0.25, 0.3) is 0 Å². The Morgan fingerprint density at radius 3 is 1.51 bits per heavy atom. The van der Waals surface area contributed by atoms with Crippen LogP contribution in [0.2, 0.25) is 0 Å². The second-order valence-corrected chi connectivity index (χ2v) is 9.78. The summed E-state index contributed by atoms with van der Waals surface area (Å²) in [5.74, 6) is 0. The molecule has 6 N–H and O–H groups in total. The van der Waals surface area contributed by atoms with Gasteiger partial charge in [-0.2, -0.15) is 0 Å². The molecule has 0 aromatic rings. The molecule has 0 aromatic heterocycles. The predicted molar refractivity (Wildman–Crippen MR) is 126 cm³/mol. The van der Waals surface area contributed by atoms with Gasteiger partial charge in [0.2, 0.25) is 0 Å². The highest BCUT2D eigenvalue weighted by Crippen LogP contribution is 2.20. The Kier molecular flexibility index (Phi) is 13.8. The maximum absolute atomic E-state index is 10.6. The third-order valence-corrected chi connectivity index (χ3v) is 6.69. The van der Waals surface area contributed by atoms with Crippen LogP contribution >= 0.6 is 0 Å². The van der Waals surface area contributed by atoms with Gasteiger partial charge in [-0.1, -0.05) is 39.0 Å². The summed E-state index contributed by atoms with van der Waals surface area (Å²) in [6, 6.07) is 0. The highest BCUT2D eigenvalue weighted by molar-refractivity contribution is 4.88. The first-order valence-electron chi connectivity index (χ1n) is 13.0. The molecule has 0 radical (unpaired) electrons. The van der Waals surface area contributed by atoms with Gasteiger partial charge in [-0.3, -0.25) is 4.90 Å². The fraction of sp³-hybridized carbons (Fsp3) is 1.00. The van der Waals surface area contributed by atoms with Gasteiger partial charge in [0.05, 0.1) is 25.4 Å². The third kappa shape index (κ3) is 10.1. The zero-order chi connectivity index (χ0) is 26.0. The average Bonchev–Trinajstić information content (AvgIpc) is 3.47. The quantitative estimate of drug-likeness (QED) is 0.138. The third-order valence-electron chi connectivity index (χ3n) is 6.69. The van der Waals surface area contributed by atoms with Crippen molar-refractivity contribution in [1.82, 2.24) is 4.90 Å². The molecule has 2 fully saturated rings. The Morgan fingerprint density at radius 2 is 1.11 bits per heavy atom. The average molecular weight is 510 g/mol. The Morgan fingerprint density at radius 1 is 0.686 bits per heavy atom. The molecule has 0 amide bonds. The van der Waals surface area contributed by atoms with E-state index in [-0.39, 0.29) is 26.3 Å². The highest BCUT2D eigenvalue weighted by Gasteiger charge is 2.39. The van der Waals surface area contributed by atoms with Crippen LogP contribution < -0.4 is 0 Å². The number of nitrogens with zero attached hydrogens (tertiary/aromatic N) is 1. The fourth-order valence-electron chi connectivity index (χ4n) is 4.48. The molecule has 0 saturated carbocycles. The first-order valence-corrected chi connectivity index (χ1v) is 13.0. The van der Waals surface area contributed by atoms with E-state index < -0.39 is 61.4 Å². The summed E-state index contributed by atoms with van der Waals surface area (Å²) >= 11 is 0. The predicted octanol–water partition coefficient (Wildman–Crippen LogP) is -0.663. The van der Waals surface area contributed by atoms with Gasteiger partial charge in [-0.05, 0) is 26.8 Å². The second kappa shape index (κ2) is 15.7. The summed E-state index contributed by atoms with van der Waals surface area (Å²) in [5.41, 5.74) is 0. The minimum absolute atomic E-state index is 0.0454. The van der Waals surface area contributed by atoms with Gasteiger partial charge < -0.3 is 49.6 Å². The number of hydrogen-bond donors (Lipinski definition) is 6. The van der Waals surface area contributed by atoms with Crippen LogP contribution in [0.3, 0.4) is 0 Å². The Bertz CT molecular complexity index is 532. The van der Waals surface area contributed by atoms with Crippen LogP contribution in [0.4, 0.5) is 0 Å². The Balaban J connectivity index is 1.92. The summed E-state index contributed by atoms with van der Waals surface area (Å²) in [4.78, 5) is 1.73. The van der Waals surface area contributed by atoms with Gasteiger partial charge in [0.1, 0.15) is 36.6 Å². The van der Waals surface area contributed by atoms with E-state index >= 15 is 0 Å². The molecule has 0 unspecified atom stereocenters. The van der Waals surface area contributed by atoms with Crippen LogP contribution in [0.5, 0.6) is 0 Å². The van der Waals surface area contributed by atoms with E-state index in [1.54, 1.807) is 18.7 Å². The summed E-state index contributed by atoms with van der Waals surface area (Å²) < 4.78 is 21.3. The van der Waals surface area contributed by atoms with Gasteiger partial charge in [-0.25, -0.2) is 0 Å². The van der Waals surface area contributed by atoms with Crippen molar-refractivity contribution in [2.45, 2.75) is 121 Å². The smallest absolute Gasteiger partial charge is 0.155 e. The van der Waals surface area contributed by atoms with Crippen molar-refractivity contribution >= 4 is 0 Å². The van der Waals surface area contributed by atoms with E-state index in [1.165, 1.54) is 6.42 Å². The lowest BCUT2D eigenvalue weighted by Crippen LogP contribution is -2.53. The molecule has 208 valence electrons. The minimum Gasteiger partial charge on any atom is -0.389 e. The van der Waals surface area contributed by atoms with Crippen molar-refractivity contribution in [3.05, 3.63) is 0 Å². The van der Waals surface area contributed by atoms with Crippen molar-refractivity contribution in [3.63, 3.8) is 0 Å². The molecule has 10 atom stereocenters. The molecule has 35 heavy (non-hydrogen) atoms. The van der Waals surface area contributed by atoms with Crippen LogP contribution in [0.1, 0.15) is 59.3 Å². The number of aliphatic hydroxyl groups is 6. The standard InChI is InChI=1S/C24H47NO10/c1-4-5-6-7-8-9-10-25(11-17(26)21(28)23(30)19-13-32-15(2)34-19)12-18(27)22(29)24(31)20-14-33-16(3)35-20/h15-24,26-31H,4-14H2,1-3H3/t15-,16-,17+,18+,19-,20-,21-,22-,23-,24-/m1/s1. The van der Waals surface area contributed by atoms with Crippen molar-refractivity contribution in [1.29, 1.82) is 0 Å². The van der Waals surface area contributed by atoms with Crippen molar-refractivity contribution in [2.75, 3.05) is 32.8 Å². The van der Waals surface area contributed by atoms with E-state index in [0.717, 1.165) is 32.1 Å². The van der Waals surface area contributed by atoms with Crippen molar-refractivity contribution in [3.8, 4) is 0 Å². The summed E-state index contributed by atoms with van der Waals surface area (Å²) in [6.07, 6.45) is -4.51. The molecule has 11 nitrogen and oxygen atoms in total. The SMILES string of the molecule is CCCCCCCCN(C[C@H](O)[C@@H](O)[C@H](O)[C@H]1CO[C@@H](C)O1)C[C@H](O)[C@@H](O)[C@H](O)[C@H]1CO[C@@H](C)O1. The van der Waals surface area contributed by atoms with Gasteiger partial charge >= 0.3 is 0 Å². The molecule has 0 bridgehead atoms. The van der Waals surface area contributed by atoms with Crippen LogP contribution in [-0.2, 0) is 18.9 Å². The van der Waals surface area contributed by atoms with E-state index in [1.807, 2.05) is 0 Å². The number of rotatable bonds is 17. The molecular formula is C24H47NO10. The molecule has 11 heteroatoms. The zero-order valence-corrected chi connectivity index (χ0v) is 21.3. The normalized spacial score (nSPS) is 30.3. The highest BCUT2D eigenvalue weighted by atomic mass is 16.7. The number of unbranched alkanes of at least 4 members (excludes halogenated alkanes) is 5. The topological polar surface area (TPSA) is 162 Å². The maximum Gasteiger partial charge on any atom is 0.155 e. The van der Waals surface area contributed by atoms with E-state index in [4.69, 9.17) is 18.9 Å². The molecule has 2 aliphatic heterocycles. The van der Waals surface area contributed by atoms with Crippen molar-refractivity contribution < 1.29 is 49.6 Å². The molecule has 2 heterocycles. The maximum atomic E-state index is 10.6. The monoisotopic (exact) mass is 509 g/mol. The van der Waals surface area contributed by atoms with Crippen LogP contribution in [0.15, 0.2) is 0 Å². The number of aliphatic hydroxyl groups excluding tert-OH is 6. The van der Waals surface area contributed by atoms with Crippen LogP contribution in [0, 0.1) is 0 Å². The fourth-order valence-corrected chi connectivity index (χ4v) is 4.48. The van der Waals surface area contributed by atoms with Crippen LogP contribution in [-0.4, -0.2) is 130 Å². The van der Waals surface area contributed by atoms with E-state index in [9.17, 15) is 30.6 Å². The Labute approximate surface area is 208 Å². The van der Waals surface area contributed by atoms with E-state index in [0.29, 0.717) is 6.54 Å². The largest absolute Gasteiger partial charge is 0.389 e. The first-order chi connectivity index (χ1) is 16.6. The number of ether oxygens (including phenoxy) is 4. The molecule has 0 spiro atoms. The van der Waals surface area contributed by atoms with Gasteiger partial charge in [0.25, 0.3) is 0 Å². The van der Waals surface area contributed by atoms with Crippen molar-refractivity contribution in [2.24, 2.45) is 0 Å². The van der Waals surface area contributed by atoms with E-state index in [2.05, 4.69) is 6.92 Å². The molecule has 2 aliphatic rings. The van der Waals surface area contributed by atoms with Gasteiger partial charge in [0.15, 0.2) is 12.6 Å². The second-order valence-electron chi connectivity index (χ2n) is 9.78. The number of hydrogen-bond acceptors (Lipinski definition) is 11. The molecule has 2 rings (SSSR count). The molecule has 2 saturated heterocycles. The van der Waals surface area contributed by atoms with Gasteiger partial charge in [0, 0.05) is 13.1 Å². The first kappa shape index (κ1) is 30.8. The lowest BCUT2D eigenvalue weighted by atomic mass is 10.0.